The maximum atomic E-state index is 11.9. The van der Waals surface area contributed by atoms with Gasteiger partial charge >= 0.3 is 0 Å². The topological polar surface area (TPSA) is 58.1 Å². The molecular weight excluding hydrogens is 240 g/mol. The van der Waals surface area contributed by atoms with Gasteiger partial charge in [-0.25, -0.2) is 9.97 Å². The Morgan fingerprint density at radius 1 is 1.21 bits per heavy atom. The van der Waals surface area contributed by atoms with Gasteiger partial charge in [0.05, 0.1) is 0 Å². The summed E-state index contributed by atoms with van der Waals surface area (Å²) >= 11 is 0. The minimum Gasteiger partial charge on any atom is -0.351 e. The number of nitrogens with one attached hydrogen (secondary N) is 1. The molecule has 0 bridgehead atoms. The second kappa shape index (κ2) is 8.45. The lowest BCUT2D eigenvalue weighted by molar-refractivity contribution is 0.0948. The molecule has 0 radical (unpaired) electrons. The molecule has 0 unspecified atom stereocenters. The van der Waals surface area contributed by atoms with Crippen LogP contribution in [0.4, 0.5) is 5.95 Å². The van der Waals surface area contributed by atoms with Crippen molar-refractivity contribution in [1.29, 1.82) is 0 Å². The van der Waals surface area contributed by atoms with Crippen LogP contribution in [0, 0.1) is 0 Å². The largest absolute Gasteiger partial charge is 0.351 e. The van der Waals surface area contributed by atoms with E-state index < -0.39 is 0 Å². The summed E-state index contributed by atoms with van der Waals surface area (Å²) in [6, 6.07) is 1.66. The van der Waals surface area contributed by atoms with E-state index in [1.165, 1.54) is 0 Å². The maximum Gasteiger partial charge on any atom is 0.270 e. The highest BCUT2D eigenvalue weighted by Crippen LogP contribution is 2.09. The minimum atomic E-state index is -0.126. The Morgan fingerprint density at radius 2 is 1.89 bits per heavy atom. The summed E-state index contributed by atoms with van der Waals surface area (Å²) in [5, 5.41) is 2.83. The van der Waals surface area contributed by atoms with Gasteiger partial charge in [-0.05, 0) is 25.3 Å². The molecule has 0 aliphatic carbocycles. The Bertz CT molecular complexity index is 389. The lowest BCUT2D eigenvalue weighted by atomic mass is 10.3. The molecule has 1 aromatic rings. The van der Waals surface area contributed by atoms with Crippen molar-refractivity contribution in [2.75, 3.05) is 24.5 Å². The third-order valence-corrected chi connectivity index (χ3v) is 2.68. The first-order valence-corrected chi connectivity index (χ1v) is 7.09. The predicted molar refractivity (Wildman–Crippen MR) is 77.5 cm³/mol. The molecule has 106 valence electrons. The molecule has 1 N–H and O–H groups in total. The highest BCUT2D eigenvalue weighted by atomic mass is 16.1. The number of carbonyl (C=O) groups excluding carboxylic acids is 1. The molecule has 0 saturated heterocycles. The molecule has 1 amide bonds. The van der Waals surface area contributed by atoms with Gasteiger partial charge in [0.25, 0.3) is 5.91 Å². The third-order valence-electron chi connectivity index (χ3n) is 2.68. The van der Waals surface area contributed by atoms with E-state index in [1.54, 1.807) is 12.3 Å². The number of anilines is 1. The quantitative estimate of drug-likeness (QED) is 0.782. The first-order chi connectivity index (χ1) is 9.22. The van der Waals surface area contributed by atoms with Gasteiger partial charge in [0, 0.05) is 25.8 Å². The average Bonchev–Trinajstić information content (AvgIpc) is 2.44. The number of carbonyl (C=O) groups is 1. The molecule has 5 nitrogen and oxygen atoms in total. The van der Waals surface area contributed by atoms with Crippen molar-refractivity contribution in [2.45, 2.75) is 40.0 Å². The van der Waals surface area contributed by atoms with E-state index in [4.69, 9.17) is 0 Å². The Labute approximate surface area is 115 Å². The van der Waals surface area contributed by atoms with E-state index >= 15 is 0 Å². The first kappa shape index (κ1) is 15.4. The summed E-state index contributed by atoms with van der Waals surface area (Å²) in [7, 11) is 0. The van der Waals surface area contributed by atoms with Crippen LogP contribution in [0.5, 0.6) is 0 Å². The minimum absolute atomic E-state index is 0.126. The van der Waals surface area contributed by atoms with Crippen LogP contribution in [-0.4, -0.2) is 35.5 Å². The first-order valence-electron chi connectivity index (χ1n) is 7.09. The van der Waals surface area contributed by atoms with Crippen LogP contribution in [0.15, 0.2) is 12.3 Å². The van der Waals surface area contributed by atoms with Crippen molar-refractivity contribution < 1.29 is 4.79 Å². The van der Waals surface area contributed by atoms with Crippen LogP contribution in [0.3, 0.4) is 0 Å². The van der Waals surface area contributed by atoms with Gasteiger partial charge in [-0.2, -0.15) is 0 Å². The van der Waals surface area contributed by atoms with Crippen LogP contribution in [0.25, 0.3) is 0 Å². The molecule has 0 fully saturated rings. The Balaban J connectivity index is 2.81. The second-order valence-electron chi connectivity index (χ2n) is 4.48. The van der Waals surface area contributed by atoms with Crippen molar-refractivity contribution in [3.63, 3.8) is 0 Å². The molecule has 0 aromatic carbocycles. The van der Waals surface area contributed by atoms with Gasteiger partial charge in [0.1, 0.15) is 5.69 Å². The molecule has 1 heterocycles. The highest BCUT2D eigenvalue weighted by molar-refractivity contribution is 5.92. The lowest BCUT2D eigenvalue weighted by Gasteiger charge is -2.21. The van der Waals surface area contributed by atoms with Crippen LogP contribution in [0.1, 0.15) is 50.5 Å². The van der Waals surface area contributed by atoms with E-state index in [0.29, 0.717) is 18.2 Å². The van der Waals surface area contributed by atoms with Crippen LogP contribution in [0.2, 0.25) is 0 Å². The van der Waals surface area contributed by atoms with Crippen LogP contribution in [-0.2, 0) is 0 Å². The number of hydrogen-bond donors (Lipinski definition) is 1. The van der Waals surface area contributed by atoms with Crippen molar-refractivity contribution in [1.82, 2.24) is 15.3 Å². The number of rotatable bonds is 8. The van der Waals surface area contributed by atoms with Crippen molar-refractivity contribution in [2.24, 2.45) is 0 Å². The number of hydrogen-bond acceptors (Lipinski definition) is 4. The van der Waals surface area contributed by atoms with E-state index in [-0.39, 0.29) is 5.91 Å². The molecule has 19 heavy (non-hydrogen) atoms. The molecule has 0 spiro atoms. The van der Waals surface area contributed by atoms with Crippen LogP contribution >= 0.6 is 0 Å². The van der Waals surface area contributed by atoms with Gasteiger partial charge in [0.2, 0.25) is 5.95 Å². The molecule has 0 saturated carbocycles. The normalized spacial score (nSPS) is 10.3. The summed E-state index contributed by atoms with van der Waals surface area (Å²) in [4.78, 5) is 22.6. The number of amides is 1. The summed E-state index contributed by atoms with van der Waals surface area (Å²) < 4.78 is 0. The molecule has 0 aliphatic rings. The predicted octanol–water partition coefficient (Wildman–Crippen LogP) is 2.24. The monoisotopic (exact) mass is 264 g/mol. The van der Waals surface area contributed by atoms with Gasteiger partial charge in [-0.3, -0.25) is 4.79 Å². The van der Waals surface area contributed by atoms with E-state index in [1.807, 2.05) is 6.92 Å². The average molecular weight is 264 g/mol. The smallest absolute Gasteiger partial charge is 0.270 e. The van der Waals surface area contributed by atoms with Crippen LogP contribution < -0.4 is 10.2 Å². The standard InChI is InChI=1S/C14H24N4O/c1-4-8-15-13(19)12-7-9-16-14(17-12)18(10-5-2)11-6-3/h7,9H,4-6,8,10-11H2,1-3H3,(H,15,19). The fraction of sp³-hybridized carbons (Fsp3) is 0.643. The molecule has 1 aromatic heterocycles. The van der Waals surface area contributed by atoms with Crippen molar-refractivity contribution >= 4 is 11.9 Å². The SMILES string of the molecule is CCCNC(=O)c1ccnc(N(CCC)CCC)n1. The van der Waals surface area contributed by atoms with E-state index in [0.717, 1.165) is 32.4 Å². The summed E-state index contributed by atoms with van der Waals surface area (Å²) in [6.45, 7) is 8.77. The fourth-order valence-electron chi connectivity index (χ4n) is 1.81. The highest BCUT2D eigenvalue weighted by Gasteiger charge is 2.12. The molecule has 0 aliphatic heterocycles. The van der Waals surface area contributed by atoms with E-state index in [9.17, 15) is 4.79 Å². The molecular formula is C14H24N4O. The lowest BCUT2D eigenvalue weighted by Crippen LogP contribution is -2.29. The van der Waals surface area contributed by atoms with Gasteiger partial charge < -0.3 is 10.2 Å². The Kier molecular flexibility index (Phi) is 6.85. The zero-order valence-corrected chi connectivity index (χ0v) is 12.1. The van der Waals surface area contributed by atoms with Gasteiger partial charge in [-0.1, -0.05) is 20.8 Å². The maximum absolute atomic E-state index is 11.9. The second-order valence-corrected chi connectivity index (χ2v) is 4.48. The number of nitrogens with zero attached hydrogens (tertiary/aromatic N) is 3. The molecule has 0 atom stereocenters. The third kappa shape index (κ3) is 4.85. The Morgan fingerprint density at radius 3 is 2.47 bits per heavy atom. The summed E-state index contributed by atoms with van der Waals surface area (Å²) in [5.74, 6) is 0.520. The summed E-state index contributed by atoms with van der Waals surface area (Å²) in [6.07, 6.45) is 4.65. The zero-order chi connectivity index (χ0) is 14.1. The molecule has 1 rings (SSSR count). The van der Waals surface area contributed by atoms with Gasteiger partial charge in [0.15, 0.2) is 0 Å². The molecule has 5 heteroatoms. The van der Waals surface area contributed by atoms with Crippen molar-refractivity contribution in [3.8, 4) is 0 Å². The fourth-order valence-corrected chi connectivity index (χ4v) is 1.81. The van der Waals surface area contributed by atoms with Gasteiger partial charge in [-0.15, -0.1) is 0 Å². The number of aromatic nitrogens is 2. The Hall–Kier alpha value is -1.65. The summed E-state index contributed by atoms with van der Waals surface area (Å²) in [5.41, 5.74) is 0.440. The zero-order valence-electron chi connectivity index (χ0n) is 12.1. The van der Waals surface area contributed by atoms with Crippen molar-refractivity contribution in [3.05, 3.63) is 18.0 Å². The van der Waals surface area contributed by atoms with E-state index in [2.05, 4.69) is 34.0 Å².